The minimum atomic E-state index is -0.397. The summed E-state index contributed by atoms with van der Waals surface area (Å²) < 4.78 is 0. The van der Waals surface area contributed by atoms with Gasteiger partial charge in [0.1, 0.15) is 6.29 Å². The number of aldehydes is 1. The molecule has 2 amide bonds. The van der Waals surface area contributed by atoms with Gasteiger partial charge < -0.3 is 0 Å². The second-order valence-corrected chi connectivity index (χ2v) is 4.15. The molecule has 1 aromatic carbocycles. The van der Waals surface area contributed by atoms with E-state index in [9.17, 15) is 14.4 Å². The molecule has 0 spiro atoms. The minimum Gasteiger partial charge on any atom is -0.298 e. The van der Waals surface area contributed by atoms with E-state index < -0.39 is 5.91 Å². The maximum absolute atomic E-state index is 11.3. The normalized spacial score (nSPS) is 17.6. The summed E-state index contributed by atoms with van der Waals surface area (Å²) in [5.74, 6) is -0.397. The summed E-state index contributed by atoms with van der Waals surface area (Å²) in [6.07, 6.45) is 2.31. The first kappa shape index (κ1) is 10.6. The summed E-state index contributed by atoms with van der Waals surface area (Å²) in [6, 6.07) is 6.80. The summed E-state index contributed by atoms with van der Waals surface area (Å²) in [5.41, 5.74) is 1.25. The number of hydrogen-bond donors (Lipinski definition) is 1. The standard InChI is InChI=1S/C11H7NO3S/c13-6-8-3-1-2-7(4-8)5-9-10(14)12-11(15)16-9/h1-6H,(H,12,14,15)/b9-5-. The number of amides is 2. The molecule has 1 aliphatic rings. The summed E-state index contributed by atoms with van der Waals surface area (Å²) in [4.78, 5) is 33.1. The highest BCUT2D eigenvalue weighted by Gasteiger charge is 2.24. The van der Waals surface area contributed by atoms with Crippen molar-refractivity contribution in [3.63, 3.8) is 0 Å². The lowest BCUT2D eigenvalue weighted by molar-refractivity contribution is -0.115. The average molecular weight is 233 g/mol. The van der Waals surface area contributed by atoms with Crippen molar-refractivity contribution in [2.45, 2.75) is 0 Å². The van der Waals surface area contributed by atoms with E-state index >= 15 is 0 Å². The molecule has 80 valence electrons. The van der Waals surface area contributed by atoms with Gasteiger partial charge in [0, 0.05) is 5.56 Å². The molecule has 5 heteroatoms. The zero-order chi connectivity index (χ0) is 11.5. The van der Waals surface area contributed by atoms with E-state index in [0.717, 1.165) is 23.6 Å². The van der Waals surface area contributed by atoms with Crippen LogP contribution in [0.4, 0.5) is 4.79 Å². The van der Waals surface area contributed by atoms with E-state index in [1.54, 1.807) is 30.3 Å². The van der Waals surface area contributed by atoms with Crippen LogP contribution in [-0.2, 0) is 4.79 Å². The van der Waals surface area contributed by atoms with Gasteiger partial charge in [-0.05, 0) is 29.5 Å². The fraction of sp³-hybridized carbons (Fsp3) is 0. The summed E-state index contributed by atoms with van der Waals surface area (Å²) in [6.45, 7) is 0. The molecular formula is C11H7NO3S. The molecule has 16 heavy (non-hydrogen) atoms. The second kappa shape index (κ2) is 4.32. The lowest BCUT2D eigenvalue weighted by Crippen LogP contribution is -2.17. The van der Waals surface area contributed by atoms with Gasteiger partial charge in [-0.15, -0.1) is 0 Å². The molecule has 1 N–H and O–H groups in total. The number of carbonyl (C=O) groups excluding carboxylic acids is 3. The zero-order valence-corrected chi connectivity index (χ0v) is 8.91. The lowest BCUT2D eigenvalue weighted by atomic mass is 10.1. The first-order valence-electron chi connectivity index (χ1n) is 4.49. The molecular weight excluding hydrogens is 226 g/mol. The highest BCUT2D eigenvalue weighted by Crippen LogP contribution is 2.25. The van der Waals surface area contributed by atoms with Crippen molar-refractivity contribution in [1.29, 1.82) is 0 Å². The molecule has 0 radical (unpaired) electrons. The fourth-order valence-electron chi connectivity index (χ4n) is 1.29. The van der Waals surface area contributed by atoms with Gasteiger partial charge in [-0.25, -0.2) is 0 Å². The molecule has 0 atom stereocenters. The van der Waals surface area contributed by atoms with Crippen LogP contribution >= 0.6 is 11.8 Å². The quantitative estimate of drug-likeness (QED) is 0.625. The first-order chi connectivity index (χ1) is 7.69. The number of nitrogens with one attached hydrogen (secondary N) is 1. The molecule has 0 unspecified atom stereocenters. The Kier molecular flexibility index (Phi) is 2.87. The Morgan fingerprint density at radius 2 is 1.94 bits per heavy atom. The van der Waals surface area contributed by atoms with Crippen molar-refractivity contribution in [3.05, 3.63) is 40.3 Å². The van der Waals surface area contributed by atoms with E-state index in [4.69, 9.17) is 0 Å². The summed E-state index contributed by atoms with van der Waals surface area (Å²) >= 11 is 0.855. The van der Waals surface area contributed by atoms with Crippen molar-refractivity contribution < 1.29 is 14.4 Å². The van der Waals surface area contributed by atoms with Crippen LogP contribution in [0, 0.1) is 0 Å². The number of hydrogen-bond acceptors (Lipinski definition) is 4. The van der Waals surface area contributed by atoms with Crippen LogP contribution in [-0.4, -0.2) is 17.4 Å². The van der Waals surface area contributed by atoms with Gasteiger partial charge in [0.2, 0.25) is 0 Å². The Labute approximate surface area is 95.7 Å². The van der Waals surface area contributed by atoms with Crippen molar-refractivity contribution >= 4 is 35.3 Å². The van der Waals surface area contributed by atoms with Gasteiger partial charge >= 0.3 is 0 Å². The van der Waals surface area contributed by atoms with Gasteiger partial charge in [-0.2, -0.15) is 0 Å². The Morgan fingerprint density at radius 1 is 1.19 bits per heavy atom. The predicted molar refractivity (Wildman–Crippen MR) is 60.9 cm³/mol. The summed E-state index contributed by atoms with van der Waals surface area (Å²) in [7, 11) is 0. The minimum absolute atomic E-state index is 0.341. The molecule has 0 aromatic heterocycles. The van der Waals surface area contributed by atoms with E-state index in [1.165, 1.54) is 0 Å². The SMILES string of the molecule is O=Cc1cccc(/C=C2\SC(=O)NC2=O)c1. The number of imide groups is 1. The van der Waals surface area contributed by atoms with Gasteiger partial charge in [-0.1, -0.05) is 18.2 Å². The average Bonchev–Trinajstić information content (AvgIpc) is 2.58. The topological polar surface area (TPSA) is 63.2 Å². The Morgan fingerprint density at radius 3 is 2.56 bits per heavy atom. The van der Waals surface area contributed by atoms with Crippen molar-refractivity contribution in [2.75, 3.05) is 0 Å². The fourth-order valence-corrected chi connectivity index (χ4v) is 1.98. The molecule has 0 aliphatic carbocycles. The molecule has 0 bridgehead atoms. The van der Waals surface area contributed by atoms with Gasteiger partial charge in [0.05, 0.1) is 4.91 Å². The number of benzene rings is 1. The molecule has 1 aliphatic heterocycles. The van der Waals surface area contributed by atoms with Crippen LogP contribution in [0.1, 0.15) is 15.9 Å². The summed E-state index contributed by atoms with van der Waals surface area (Å²) in [5, 5.41) is 1.79. The lowest BCUT2D eigenvalue weighted by Gasteiger charge is -1.95. The molecule has 1 fully saturated rings. The third-order valence-electron chi connectivity index (χ3n) is 1.99. The third-order valence-corrected chi connectivity index (χ3v) is 2.80. The second-order valence-electron chi connectivity index (χ2n) is 3.14. The number of carbonyl (C=O) groups is 3. The molecule has 1 saturated heterocycles. The predicted octanol–water partition coefficient (Wildman–Crippen LogP) is 1.82. The smallest absolute Gasteiger partial charge is 0.290 e. The van der Waals surface area contributed by atoms with Crippen LogP contribution < -0.4 is 5.32 Å². The van der Waals surface area contributed by atoms with Crippen LogP contribution in [0.5, 0.6) is 0 Å². The van der Waals surface area contributed by atoms with Crippen LogP contribution in [0.25, 0.3) is 6.08 Å². The van der Waals surface area contributed by atoms with Crippen molar-refractivity contribution in [3.8, 4) is 0 Å². The first-order valence-corrected chi connectivity index (χ1v) is 5.31. The van der Waals surface area contributed by atoms with Crippen LogP contribution in [0.2, 0.25) is 0 Å². The van der Waals surface area contributed by atoms with Crippen molar-refractivity contribution in [2.24, 2.45) is 0 Å². The zero-order valence-electron chi connectivity index (χ0n) is 8.10. The number of thioether (sulfide) groups is 1. The Hall–Kier alpha value is -1.88. The van der Waals surface area contributed by atoms with Crippen LogP contribution in [0.3, 0.4) is 0 Å². The highest BCUT2D eigenvalue weighted by molar-refractivity contribution is 8.18. The van der Waals surface area contributed by atoms with Gasteiger partial charge in [-0.3, -0.25) is 19.7 Å². The Balaban J connectivity index is 2.32. The molecule has 0 saturated carbocycles. The maximum Gasteiger partial charge on any atom is 0.290 e. The van der Waals surface area contributed by atoms with Gasteiger partial charge in [0.15, 0.2) is 0 Å². The van der Waals surface area contributed by atoms with E-state index in [-0.39, 0.29) is 5.24 Å². The molecule has 1 aromatic rings. The monoisotopic (exact) mass is 233 g/mol. The third kappa shape index (κ3) is 2.20. The van der Waals surface area contributed by atoms with E-state index in [2.05, 4.69) is 5.32 Å². The largest absolute Gasteiger partial charge is 0.298 e. The van der Waals surface area contributed by atoms with E-state index in [1.807, 2.05) is 0 Å². The van der Waals surface area contributed by atoms with Gasteiger partial charge in [0.25, 0.3) is 11.1 Å². The Bertz CT molecular complexity index is 508. The van der Waals surface area contributed by atoms with E-state index in [0.29, 0.717) is 10.5 Å². The molecule has 1 heterocycles. The van der Waals surface area contributed by atoms with Crippen LogP contribution in [0.15, 0.2) is 29.2 Å². The number of rotatable bonds is 2. The maximum atomic E-state index is 11.3. The molecule has 4 nitrogen and oxygen atoms in total. The van der Waals surface area contributed by atoms with Crippen molar-refractivity contribution in [1.82, 2.24) is 5.32 Å². The molecule has 2 rings (SSSR count). The highest BCUT2D eigenvalue weighted by atomic mass is 32.2.